The summed E-state index contributed by atoms with van der Waals surface area (Å²) < 4.78 is 1.52. The van der Waals surface area contributed by atoms with E-state index in [9.17, 15) is 15.2 Å². The van der Waals surface area contributed by atoms with E-state index in [1.54, 1.807) is 18.5 Å². The lowest BCUT2D eigenvalue weighted by Crippen LogP contribution is -2.40. The Morgan fingerprint density at radius 1 is 1.65 bits per heavy atom. The van der Waals surface area contributed by atoms with Crippen molar-refractivity contribution in [1.82, 2.24) is 9.38 Å². The van der Waals surface area contributed by atoms with Gasteiger partial charge in [0.05, 0.1) is 6.10 Å². The van der Waals surface area contributed by atoms with Gasteiger partial charge < -0.3 is 20.1 Å². The number of piperidine rings is 1. The van der Waals surface area contributed by atoms with Crippen molar-refractivity contribution in [3.05, 3.63) is 21.7 Å². The number of aliphatic hydroxyl groups is 1. The van der Waals surface area contributed by atoms with E-state index in [0.29, 0.717) is 17.3 Å². The number of nitrogens with zero attached hydrogens (tertiary/aromatic N) is 4. The van der Waals surface area contributed by atoms with E-state index in [4.69, 9.17) is 0 Å². The van der Waals surface area contributed by atoms with Gasteiger partial charge in [-0.2, -0.15) is 9.38 Å². The van der Waals surface area contributed by atoms with Gasteiger partial charge in [-0.15, -0.1) is 0 Å². The summed E-state index contributed by atoms with van der Waals surface area (Å²) >= 11 is 1.38. The van der Waals surface area contributed by atoms with Crippen molar-refractivity contribution >= 4 is 27.9 Å². The Hall–Kier alpha value is -1.67. The minimum atomic E-state index is -0.402. The van der Waals surface area contributed by atoms with Crippen LogP contribution in [0.5, 0.6) is 0 Å². The first-order valence-corrected chi connectivity index (χ1v) is 7.49. The minimum absolute atomic E-state index is 0.0208. The monoisotopic (exact) mass is 296 g/mol. The maximum Gasteiger partial charge on any atom is 0.373 e. The molecule has 0 radical (unpaired) electrons. The highest BCUT2D eigenvalue weighted by molar-refractivity contribution is 7.15. The molecule has 8 heteroatoms. The molecule has 2 aromatic rings. The molecule has 0 aliphatic carbocycles. The predicted molar refractivity (Wildman–Crippen MR) is 76.3 cm³/mol. The van der Waals surface area contributed by atoms with Crippen LogP contribution in [0.25, 0.3) is 4.96 Å². The molecule has 0 amide bonds. The van der Waals surface area contributed by atoms with Gasteiger partial charge in [0.2, 0.25) is 5.82 Å². The van der Waals surface area contributed by atoms with Gasteiger partial charge in [0.1, 0.15) is 6.20 Å². The third-order valence-corrected chi connectivity index (χ3v) is 4.59. The van der Waals surface area contributed by atoms with Crippen LogP contribution in [0.1, 0.15) is 19.8 Å². The second-order valence-corrected chi connectivity index (χ2v) is 6.03. The summed E-state index contributed by atoms with van der Waals surface area (Å²) in [7, 11) is 0. The number of fused-ring (bicyclic) bond motifs is 1. The van der Waals surface area contributed by atoms with Crippen molar-refractivity contribution in [2.45, 2.75) is 25.9 Å². The third-order valence-electron chi connectivity index (χ3n) is 3.83. The van der Waals surface area contributed by atoms with Crippen LogP contribution < -0.4 is 4.90 Å². The van der Waals surface area contributed by atoms with Crippen LogP contribution in [0, 0.1) is 16.0 Å². The molecule has 0 saturated carbocycles. The molecule has 108 valence electrons. The molecule has 0 aromatic carbocycles. The van der Waals surface area contributed by atoms with Gasteiger partial charge in [0.25, 0.3) is 4.96 Å². The van der Waals surface area contributed by atoms with Gasteiger partial charge in [-0.25, -0.2) is 0 Å². The van der Waals surface area contributed by atoms with E-state index in [2.05, 4.69) is 4.98 Å². The van der Waals surface area contributed by atoms with Gasteiger partial charge in [-0.05, 0) is 24.7 Å². The largest absolute Gasteiger partial charge is 0.393 e. The molecule has 2 aromatic heterocycles. The molecule has 3 rings (SSSR count). The maximum absolute atomic E-state index is 11.3. The van der Waals surface area contributed by atoms with Gasteiger partial charge >= 0.3 is 5.82 Å². The van der Waals surface area contributed by atoms with Crippen LogP contribution >= 0.6 is 11.3 Å². The van der Waals surface area contributed by atoms with Crippen LogP contribution in [0.15, 0.2) is 11.6 Å². The summed E-state index contributed by atoms with van der Waals surface area (Å²) in [6.45, 7) is 3.13. The average Bonchev–Trinajstić information content (AvgIpc) is 2.97. The number of imidazole rings is 1. The molecule has 1 aliphatic rings. The highest BCUT2D eigenvalue weighted by Gasteiger charge is 2.32. The second-order valence-electron chi connectivity index (χ2n) is 5.16. The third kappa shape index (κ3) is 2.14. The molecule has 1 saturated heterocycles. The first kappa shape index (κ1) is 13.3. The summed E-state index contributed by atoms with van der Waals surface area (Å²) in [5.74, 6) is 0.586. The molecule has 0 bridgehead atoms. The van der Waals surface area contributed by atoms with E-state index in [1.165, 1.54) is 15.7 Å². The van der Waals surface area contributed by atoms with Crippen molar-refractivity contribution < 1.29 is 10.0 Å². The van der Waals surface area contributed by atoms with Crippen molar-refractivity contribution in [1.29, 1.82) is 0 Å². The van der Waals surface area contributed by atoms with Crippen molar-refractivity contribution in [2.24, 2.45) is 5.92 Å². The van der Waals surface area contributed by atoms with Crippen LogP contribution in [-0.2, 0) is 0 Å². The number of rotatable bonds is 3. The maximum atomic E-state index is 11.3. The van der Waals surface area contributed by atoms with Crippen LogP contribution in [-0.4, -0.2) is 38.6 Å². The molecule has 7 nitrogen and oxygen atoms in total. The first-order chi connectivity index (χ1) is 9.58. The van der Waals surface area contributed by atoms with Gasteiger partial charge in [0.15, 0.2) is 0 Å². The summed E-state index contributed by atoms with van der Waals surface area (Å²) in [5, 5.41) is 22.8. The van der Waals surface area contributed by atoms with E-state index in [1.807, 2.05) is 4.90 Å². The highest BCUT2D eigenvalue weighted by atomic mass is 32.1. The Kier molecular flexibility index (Phi) is 3.35. The zero-order chi connectivity index (χ0) is 14.3. The van der Waals surface area contributed by atoms with Gasteiger partial charge in [-0.1, -0.05) is 11.3 Å². The summed E-state index contributed by atoms with van der Waals surface area (Å²) in [6.07, 6.45) is 3.13. The Morgan fingerprint density at radius 3 is 3.15 bits per heavy atom. The SMILES string of the molecule is CC(O)C1CCCN(c2nc3sccn3c2[N+](=O)[O-])C1. The normalized spacial score (nSPS) is 21.3. The Balaban J connectivity index is 1.98. The topological polar surface area (TPSA) is 83.9 Å². The predicted octanol–water partition coefficient (Wildman–Crippen LogP) is 1.90. The number of nitro groups is 1. The molecular weight excluding hydrogens is 280 g/mol. The zero-order valence-electron chi connectivity index (χ0n) is 11.1. The zero-order valence-corrected chi connectivity index (χ0v) is 11.9. The van der Waals surface area contributed by atoms with Crippen molar-refractivity contribution in [2.75, 3.05) is 18.0 Å². The van der Waals surface area contributed by atoms with Crippen LogP contribution in [0.4, 0.5) is 11.6 Å². The van der Waals surface area contributed by atoms with Crippen LogP contribution in [0.2, 0.25) is 0 Å². The van der Waals surface area contributed by atoms with E-state index >= 15 is 0 Å². The molecule has 0 spiro atoms. The summed E-state index contributed by atoms with van der Waals surface area (Å²) in [6, 6.07) is 0. The van der Waals surface area contributed by atoms with Crippen molar-refractivity contribution in [3.8, 4) is 0 Å². The van der Waals surface area contributed by atoms with E-state index in [-0.39, 0.29) is 16.7 Å². The molecule has 2 atom stereocenters. The summed E-state index contributed by atoms with van der Waals surface area (Å²) in [4.78, 5) is 17.9. The van der Waals surface area contributed by atoms with Gasteiger partial charge in [-0.3, -0.25) is 0 Å². The number of anilines is 1. The number of aliphatic hydroxyl groups excluding tert-OH is 1. The van der Waals surface area contributed by atoms with E-state index in [0.717, 1.165) is 19.4 Å². The molecule has 1 N–H and O–H groups in total. The molecule has 2 unspecified atom stereocenters. The molecule has 1 aliphatic heterocycles. The fraction of sp³-hybridized carbons (Fsp3) is 0.583. The van der Waals surface area contributed by atoms with Crippen LogP contribution in [0.3, 0.4) is 0 Å². The average molecular weight is 296 g/mol. The first-order valence-electron chi connectivity index (χ1n) is 6.61. The standard InChI is InChI=1S/C12H16N4O3S/c1-8(17)9-3-2-4-14(7-9)10-11(16(18)19)15-5-6-20-12(15)13-10/h5-6,8-9,17H,2-4,7H2,1H3. The quantitative estimate of drug-likeness (QED) is 0.691. The van der Waals surface area contributed by atoms with Gasteiger partial charge in [0, 0.05) is 24.4 Å². The lowest BCUT2D eigenvalue weighted by atomic mass is 9.93. The number of hydrogen-bond donors (Lipinski definition) is 1. The van der Waals surface area contributed by atoms with E-state index < -0.39 is 6.10 Å². The molecule has 1 fully saturated rings. The Morgan fingerprint density at radius 2 is 2.45 bits per heavy atom. The molecule has 20 heavy (non-hydrogen) atoms. The fourth-order valence-electron chi connectivity index (χ4n) is 2.74. The number of hydrogen-bond acceptors (Lipinski definition) is 6. The molecular formula is C12H16N4O3S. The number of aromatic nitrogens is 2. The lowest BCUT2D eigenvalue weighted by molar-refractivity contribution is -0.389. The highest BCUT2D eigenvalue weighted by Crippen LogP contribution is 2.34. The lowest BCUT2D eigenvalue weighted by Gasteiger charge is -2.33. The fourth-order valence-corrected chi connectivity index (χ4v) is 3.44. The summed E-state index contributed by atoms with van der Waals surface area (Å²) in [5.41, 5.74) is 0. The second kappa shape index (κ2) is 5.02. The molecule has 3 heterocycles. The smallest absolute Gasteiger partial charge is 0.373 e. The Labute approximate surface area is 119 Å². The van der Waals surface area contributed by atoms with Crippen molar-refractivity contribution in [3.63, 3.8) is 0 Å². The minimum Gasteiger partial charge on any atom is -0.393 e. The Bertz CT molecular complexity index is 636. The number of thiazole rings is 1.